The van der Waals surface area contributed by atoms with E-state index in [0.717, 1.165) is 45.2 Å². The second-order valence-corrected chi connectivity index (χ2v) is 14.5. The topological polar surface area (TPSA) is 70.9 Å². The number of aromatic nitrogens is 2. The fraction of sp³-hybridized carbons (Fsp3) is 0.485. The number of amides is 1. The van der Waals surface area contributed by atoms with Gasteiger partial charge < -0.3 is 19.4 Å². The summed E-state index contributed by atoms with van der Waals surface area (Å²) in [6.45, 7) is 12.4. The standard InChI is InChI=1S/C33H35ClF3N5O3S/c1-4-27(43)40-12-19(3)41(13-18(40)2)31-22-9-23(34)28(21-10-25(36)26(37)11-24(21)35)30-29(22)42(32(44)38-31)20(15-46-30)14-39-7-5-33(6-8-39)16-45-17-33/h4,9-11,18-20H,1,5-8,12-17H2,2-3H3/t18-,19+,20?/m1/s1. The van der Waals surface area contributed by atoms with Crippen LogP contribution in [0.3, 0.4) is 0 Å². The highest BCUT2D eigenvalue weighted by Crippen LogP contribution is 2.49. The molecule has 1 spiro atoms. The molecule has 46 heavy (non-hydrogen) atoms. The Labute approximate surface area is 274 Å². The molecule has 1 aromatic heterocycles. The van der Waals surface area contributed by atoms with Crippen LogP contribution in [0.4, 0.5) is 19.0 Å². The summed E-state index contributed by atoms with van der Waals surface area (Å²) in [6, 6.07) is 2.37. The lowest BCUT2D eigenvalue weighted by molar-refractivity contribution is -0.140. The summed E-state index contributed by atoms with van der Waals surface area (Å²) in [4.78, 5) is 37.9. The highest BCUT2D eigenvalue weighted by Gasteiger charge is 2.42. The number of thioether (sulfide) groups is 1. The predicted octanol–water partition coefficient (Wildman–Crippen LogP) is 5.51. The molecule has 5 heterocycles. The summed E-state index contributed by atoms with van der Waals surface area (Å²) in [7, 11) is 0. The molecule has 3 fully saturated rings. The summed E-state index contributed by atoms with van der Waals surface area (Å²) in [5.41, 5.74) is 0.411. The number of piperidine rings is 1. The molecule has 0 aliphatic carbocycles. The largest absolute Gasteiger partial charge is 0.380 e. The van der Waals surface area contributed by atoms with Crippen LogP contribution in [0.1, 0.15) is 32.7 Å². The number of piperazine rings is 1. The SMILES string of the molecule is C=CC(=O)N1C[C@H](C)N(c2nc(=O)n3c4c(c(-c5cc(F)c(F)cc5F)c(Cl)cc24)SCC3CN2CCC3(CC2)COC3)C[C@H]1C. The van der Waals surface area contributed by atoms with Gasteiger partial charge in [0.15, 0.2) is 11.6 Å². The molecule has 3 saturated heterocycles. The van der Waals surface area contributed by atoms with Gasteiger partial charge >= 0.3 is 5.69 Å². The van der Waals surface area contributed by atoms with E-state index in [1.165, 1.54) is 17.8 Å². The van der Waals surface area contributed by atoms with Crippen molar-refractivity contribution in [3.63, 3.8) is 0 Å². The van der Waals surface area contributed by atoms with Crippen LogP contribution in [-0.2, 0) is 9.53 Å². The Balaban J connectivity index is 1.36. The van der Waals surface area contributed by atoms with E-state index in [2.05, 4.69) is 16.5 Å². The summed E-state index contributed by atoms with van der Waals surface area (Å²) >= 11 is 8.32. The molecular weight excluding hydrogens is 639 g/mol. The van der Waals surface area contributed by atoms with Gasteiger partial charge in [0.1, 0.15) is 11.6 Å². The number of halogens is 4. The van der Waals surface area contributed by atoms with Crippen molar-refractivity contribution in [2.24, 2.45) is 5.41 Å². The van der Waals surface area contributed by atoms with Crippen LogP contribution >= 0.6 is 23.4 Å². The molecule has 0 saturated carbocycles. The molecule has 244 valence electrons. The predicted molar refractivity (Wildman–Crippen MR) is 173 cm³/mol. The number of carbonyl (C=O) groups excluding carboxylic acids is 1. The number of hydrogen-bond acceptors (Lipinski definition) is 7. The Morgan fingerprint density at radius 1 is 1.11 bits per heavy atom. The van der Waals surface area contributed by atoms with E-state index in [4.69, 9.17) is 16.3 Å². The third-order valence-electron chi connectivity index (χ3n) is 10.1. The summed E-state index contributed by atoms with van der Waals surface area (Å²) in [5.74, 6) is -2.69. The third kappa shape index (κ3) is 5.21. The number of ether oxygens (including phenoxy) is 1. The van der Waals surface area contributed by atoms with E-state index < -0.39 is 23.1 Å². The molecule has 4 aliphatic heterocycles. The highest BCUT2D eigenvalue weighted by atomic mass is 35.5. The fourth-order valence-electron chi connectivity index (χ4n) is 7.41. The lowest BCUT2D eigenvalue weighted by atomic mass is 9.77. The van der Waals surface area contributed by atoms with Crippen LogP contribution in [0, 0.1) is 22.9 Å². The van der Waals surface area contributed by atoms with Crippen molar-refractivity contribution in [3.05, 3.63) is 63.8 Å². The van der Waals surface area contributed by atoms with Crippen LogP contribution in [0.25, 0.3) is 22.0 Å². The number of carbonyl (C=O) groups is 1. The van der Waals surface area contributed by atoms with Gasteiger partial charge in [-0.3, -0.25) is 9.36 Å². The molecule has 3 aromatic rings. The lowest BCUT2D eigenvalue weighted by Gasteiger charge is -2.48. The van der Waals surface area contributed by atoms with Crippen molar-refractivity contribution in [3.8, 4) is 11.1 Å². The monoisotopic (exact) mass is 673 g/mol. The van der Waals surface area contributed by atoms with Gasteiger partial charge in [0.05, 0.1) is 29.8 Å². The fourth-order valence-corrected chi connectivity index (χ4v) is 9.10. The minimum absolute atomic E-state index is 0.136. The van der Waals surface area contributed by atoms with Crippen molar-refractivity contribution < 1.29 is 22.7 Å². The molecular formula is C33H35ClF3N5O3S. The summed E-state index contributed by atoms with van der Waals surface area (Å²) in [5, 5.41) is 0.743. The Kier molecular flexibility index (Phi) is 8.14. The number of hydrogen-bond donors (Lipinski definition) is 0. The van der Waals surface area contributed by atoms with Gasteiger partial charge in [-0.2, -0.15) is 4.98 Å². The zero-order valence-electron chi connectivity index (χ0n) is 25.7. The van der Waals surface area contributed by atoms with Gasteiger partial charge in [0.2, 0.25) is 5.91 Å². The Morgan fingerprint density at radius 3 is 2.50 bits per heavy atom. The van der Waals surface area contributed by atoms with Gasteiger partial charge in [0, 0.05) is 70.4 Å². The van der Waals surface area contributed by atoms with Gasteiger partial charge in [-0.15, -0.1) is 11.8 Å². The van der Waals surface area contributed by atoms with Crippen LogP contribution in [0.2, 0.25) is 5.02 Å². The smallest absolute Gasteiger partial charge is 0.350 e. The van der Waals surface area contributed by atoms with E-state index in [1.807, 2.05) is 18.7 Å². The van der Waals surface area contributed by atoms with E-state index in [1.54, 1.807) is 15.5 Å². The van der Waals surface area contributed by atoms with Crippen molar-refractivity contribution in [2.45, 2.75) is 49.7 Å². The molecule has 7 rings (SSSR count). The first-order valence-electron chi connectivity index (χ1n) is 15.6. The molecule has 2 aromatic carbocycles. The maximum atomic E-state index is 15.3. The zero-order valence-corrected chi connectivity index (χ0v) is 27.3. The number of likely N-dealkylation sites (tertiary alicyclic amines) is 1. The molecule has 13 heteroatoms. The normalized spacial score (nSPS) is 24.3. The Morgan fingerprint density at radius 2 is 1.83 bits per heavy atom. The van der Waals surface area contributed by atoms with Gasteiger partial charge in [-0.05, 0) is 58.0 Å². The van der Waals surface area contributed by atoms with E-state index >= 15 is 4.39 Å². The minimum atomic E-state index is -1.29. The van der Waals surface area contributed by atoms with Crippen LogP contribution < -0.4 is 10.6 Å². The van der Waals surface area contributed by atoms with E-state index in [-0.39, 0.29) is 45.6 Å². The number of rotatable bonds is 5. The molecule has 8 nitrogen and oxygen atoms in total. The van der Waals surface area contributed by atoms with Crippen molar-refractivity contribution in [1.29, 1.82) is 0 Å². The molecule has 3 atom stereocenters. The Bertz CT molecular complexity index is 1810. The first kappa shape index (κ1) is 31.5. The minimum Gasteiger partial charge on any atom is -0.380 e. The number of benzene rings is 2. The summed E-state index contributed by atoms with van der Waals surface area (Å²) in [6.07, 6.45) is 3.37. The van der Waals surface area contributed by atoms with Crippen molar-refractivity contribution in [2.75, 3.05) is 56.6 Å². The molecule has 1 amide bonds. The average molecular weight is 674 g/mol. The van der Waals surface area contributed by atoms with Crippen molar-refractivity contribution in [1.82, 2.24) is 19.4 Å². The van der Waals surface area contributed by atoms with Crippen LogP contribution in [-0.4, -0.2) is 89.0 Å². The maximum Gasteiger partial charge on any atom is 0.350 e. The number of nitrogens with zero attached hydrogens (tertiary/aromatic N) is 5. The first-order valence-corrected chi connectivity index (χ1v) is 16.9. The van der Waals surface area contributed by atoms with Gasteiger partial charge in [-0.25, -0.2) is 18.0 Å². The molecule has 0 radical (unpaired) electrons. The quantitative estimate of drug-likeness (QED) is 0.262. The average Bonchev–Trinajstić information content (AvgIpc) is 3.01. The van der Waals surface area contributed by atoms with E-state index in [9.17, 15) is 18.4 Å². The highest BCUT2D eigenvalue weighted by molar-refractivity contribution is 7.99. The van der Waals surface area contributed by atoms with Gasteiger partial charge in [0.25, 0.3) is 0 Å². The van der Waals surface area contributed by atoms with Crippen LogP contribution in [0.15, 0.2) is 40.5 Å². The second-order valence-electron chi connectivity index (χ2n) is 13.1. The molecule has 0 bridgehead atoms. The first-order chi connectivity index (χ1) is 22.0. The maximum absolute atomic E-state index is 15.3. The van der Waals surface area contributed by atoms with E-state index in [0.29, 0.717) is 53.1 Å². The summed E-state index contributed by atoms with van der Waals surface area (Å²) < 4.78 is 50.9. The van der Waals surface area contributed by atoms with Crippen molar-refractivity contribution >= 4 is 46.0 Å². The second kappa shape index (κ2) is 11.9. The molecule has 4 aliphatic rings. The van der Waals surface area contributed by atoms with Crippen LogP contribution in [0.5, 0.6) is 0 Å². The zero-order chi connectivity index (χ0) is 32.5. The lowest BCUT2D eigenvalue weighted by Crippen LogP contribution is -2.58. The molecule has 0 N–H and O–H groups in total. The molecule has 1 unspecified atom stereocenters. The number of anilines is 1. The third-order valence-corrected chi connectivity index (χ3v) is 11.6. The van der Waals surface area contributed by atoms with Gasteiger partial charge in [-0.1, -0.05) is 18.2 Å². The Hall–Kier alpha value is -3.06.